The molecule has 0 aliphatic rings. The molecule has 1 atom stereocenters. The summed E-state index contributed by atoms with van der Waals surface area (Å²) in [5.41, 5.74) is 0.591. The van der Waals surface area contributed by atoms with Crippen LogP contribution < -0.4 is 4.74 Å². The molecule has 0 saturated heterocycles. The molecule has 4 heteroatoms. The van der Waals surface area contributed by atoms with Crippen LogP contribution in [0.1, 0.15) is 44.0 Å². The van der Waals surface area contributed by atoms with Crippen molar-refractivity contribution in [2.45, 2.75) is 39.7 Å². The van der Waals surface area contributed by atoms with Crippen molar-refractivity contribution < 1.29 is 14.6 Å². The number of hydrogen-bond donors (Lipinski definition) is 1. The van der Waals surface area contributed by atoms with E-state index in [9.17, 15) is 9.90 Å². The van der Waals surface area contributed by atoms with Gasteiger partial charge in [-0.05, 0) is 37.0 Å². The SMILES string of the molecule is CCCOc1cccc(C(=O)N(C)C(CO)CC(C)C)c1. The summed E-state index contributed by atoms with van der Waals surface area (Å²) < 4.78 is 5.56. The van der Waals surface area contributed by atoms with Gasteiger partial charge in [-0.2, -0.15) is 0 Å². The van der Waals surface area contributed by atoms with Gasteiger partial charge in [0.2, 0.25) is 0 Å². The molecule has 0 fully saturated rings. The first-order valence-corrected chi connectivity index (χ1v) is 7.60. The van der Waals surface area contributed by atoms with E-state index < -0.39 is 0 Å². The minimum atomic E-state index is -0.155. The number of hydrogen-bond acceptors (Lipinski definition) is 3. The molecule has 0 saturated carbocycles. The first-order valence-electron chi connectivity index (χ1n) is 7.60. The highest BCUT2D eigenvalue weighted by Crippen LogP contribution is 2.17. The average Bonchev–Trinajstić information content (AvgIpc) is 2.49. The van der Waals surface area contributed by atoms with Crippen molar-refractivity contribution in [3.63, 3.8) is 0 Å². The maximum absolute atomic E-state index is 12.5. The lowest BCUT2D eigenvalue weighted by atomic mass is 10.0. The Labute approximate surface area is 127 Å². The summed E-state index contributed by atoms with van der Waals surface area (Å²) in [4.78, 5) is 14.1. The van der Waals surface area contributed by atoms with E-state index in [1.165, 1.54) is 0 Å². The summed E-state index contributed by atoms with van der Waals surface area (Å²) in [6.07, 6.45) is 1.71. The van der Waals surface area contributed by atoms with Crippen molar-refractivity contribution >= 4 is 5.91 Å². The molecule has 1 aromatic rings. The zero-order valence-electron chi connectivity index (χ0n) is 13.5. The molecular formula is C17H27NO3. The van der Waals surface area contributed by atoms with Gasteiger partial charge < -0.3 is 14.7 Å². The van der Waals surface area contributed by atoms with Gasteiger partial charge in [0, 0.05) is 12.6 Å². The lowest BCUT2D eigenvalue weighted by Crippen LogP contribution is -2.40. The van der Waals surface area contributed by atoms with Crippen molar-refractivity contribution in [1.82, 2.24) is 4.90 Å². The van der Waals surface area contributed by atoms with E-state index in [0.717, 1.165) is 12.8 Å². The summed E-state index contributed by atoms with van der Waals surface area (Å²) in [5, 5.41) is 9.49. The number of carbonyl (C=O) groups is 1. The van der Waals surface area contributed by atoms with E-state index in [1.54, 1.807) is 24.1 Å². The minimum Gasteiger partial charge on any atom is -0.494 e. The summed E-state index contributed by atoms with van der Waals surface area (Å²) in [7, 11) is 1.74. The van der Waals surface area contributed by atoms with Crippen LogP contribution in [-0.4, -0.2) is 42.2 Å². The lowest BCUT2D eigenvalue weighted by molar-refractivity contribution is 0.0630. The molecule has 1 aromatic carbocycles. The van der Waals surface area contributed by atoms with Crippen LogP contribution in [-0.2, 0) is 0 Å². The first-order chi connectivity index (χ1) is 9.99. The van der Waals surface area contributed by atoms with Crippen molar-refractivity contribution in [2.24, 2.45) is 5.92 Å². The third kappa shape index (κ3) is 5.38. The average molecular weight is 293 g/mol. The van der Waals surface area contributed by atoms with E-state index in [2.05, 4.69) is 13.8 Å². The van der Waals surface area contributed by atoms with Crippen molar-refractivity contribution in [3.05, 3.63) is 29.8 Å². The van der Waals surface area contributed by atoms with Crippen LogP contribution in [0, 0.1) is 5.92 Å². The first kappa shape index (κ1) is 17.5. The maximum atomic E-state index is 12.5. The van der Waals surface area contributed by atoms with Gasteiger partial charge in [0.05, 0.1) is 19.3 Å². The Balaban J connectivity index is 2.81. The number of aliphatic hydroxyl groups excluding tert-OH is 1. The van der Waals surface area contributed by atoms with Crippen LogP contribution >= 0.6 is 0 Å². The van der Waals surface area contributed by atoms with Crippen molar-refractivity contribution in [1.29, 1.82) is 0 Å². The summed E-state index contributed by atoms with van der Waals surface area (Å²) in [6, 6.07) is 7.06. The summed E-state index contributed by atoms with van der Waals surface area (Å²) >= 11 is 0. The lowest BCUT2D eigenvalue weighted by Gasteiger charge is -2.28. The number of nitrogens with zero attached hydrogens (tertiary/aromatic N) is 1. The topological polar surface area (TPSA) is 49.8 Å². The molecule has 0 aliphatic carbocycles. The van der Waals surface area contributed by atoms with Gasteiger partial charge in [0.25, 0.3) is 5.91 Å². The van der Waals surface area contributed by atoms with Gasteiger partial charge in [-0.1, -0.05) is 26.8 Å². The second-order valence-corrected chi connectivity index (χ2v) is 5.76. The second-order valence-electron chi connectivity index (χ2n) is 5.76. The highest BCUT2D eigenvalue weighted by Gasteiger charge is 2.21. The third-order valence-corrected chi connectivity index (χ3v) is 3.38. The molecule has 1 unspecified atom stereocenters. The molecule has 0 radical (unpaired) electrons. The Morgan fingerprint density at radius 1 is 1.38 bits per heavy atom. The standard InChI is InChI=1S/C17H27NO3/c1-5-9-21-16-8-6-7-14(11-16)17(20)18(4)15(12-19)10-13(2)3/h6-8,11,13,15,19H,5,9-10,12H2,1-4H3. The molecule has 1 N–H and O–H groups in total. The molecule has 1 amide bonds. The summed E-state index contributed by atoms with van der Waals surface area (Å²) in [6.45, 7) is 6.83. The van der Waals surface area contributed by atoms with Gasteiger partial charge >= 0.3 is 0 Å². The molecule has 0 spiro atoms. The molecule has 0 heterocycles. The van der Waals surface area contributed by atoms with Crippen LogP contribution in [0.5, 0.6) is 5.75 Å². The molecule has 0 bridgehead atoms. The van der Waals surface area contributed by atoms with Gasteiger partial charge in [-0.15, -0.1) is 0 Å². The Hall–Kier alpha value is -1.55. The van der Waals surface area contributed by atoms with Gasteiger partial charge in [0.1, 0.15) is 5.75 Å². The van der Waals surface area contributed by atoms with E-state index >= 15 is 0 Å². The normalized spacial score (nSPS) is 12.3. The van der Waals surface area contributed by atoms with Crippen LogP contribution in [0.2, 0.25) is 0 Å². The molecule has 118 valence electrons. The number of benzene rings is 1. The van der Waals surface area contributed by atoms with Crippen LogP contribution in [0.15, 0.2) is 24.3 Å². The number of amides is 1. The second kappa shape index (κ2) is 8.67. The van der Waals surface area contributed by atoms with E-state index in [1.807, 2.05) is 19.1 Å². The summed E-state index contributed by atoms with van der Waals surface area (Å²) in [5.74, 6) is 1.05. The fourth-order valence-corrected chi connectivity index (χ4v) is 2.21. The number of rotatable bonds is 8. The smallest absolute Gasteiger partial charge is 0.254 e. The fourth-order valence-electron chi connectivity index (χ4n) is 2.21. The van der Waals surface area contributed by atoms with Crippen molar-refractivity contribution in [2.75, 3.05) is 20.3 Å². The van der Waals surface area contributed by atoms with Crippen LogP contribution in [0.3, 0.4) is 0 Å². The van der Waals surface area contributed by atoms with E-state index in [-0.39, 0.29) is 18.6 Å². The Bertz CT molecular complexity index is 445. The highest BCUT2D eigenvalue weighted by atomic mass is 16.5. The van der Waals surface area contributed by atoms with Gasteiger partial charge in [-0.25, -0.2) is 0 Å². The molecule has 0 aromatic heterocycles. The third-order valence-electron chi connectivity index (χ3n) is 3.38. The predicted octanol–water partition coefficient (Wildman–Crippen LogP) is 2.95. The van der Waals surface area contributed by atoms with Crippen LogP contribution in [0.25, 0.3) is 0 Å². The van der Waals surface area contributed by atoms with Gasteiger partial charge in [-0.3, -0.25) is 4.79 Å². The monoisotopic (exact) mass is 293 g/mol. The molecule has 21 heavy (non-hydrogen) atoms. The zero-order valence-corrected chi connectivity index (χ0v) is 13.5. The molecule has 0 aliphatic heterocycles. The number of carbonyl (C=O) groups excluding carboxylic acids is 1. The van der Waals surface area contributed by atoms with Crippen molar-refractivity contribution in [3.8, 4) is 5.75 Å². The molecule has 4 nitrogen and oxygen atoms in total. The Morgan fingerprint density at radius 2 is 2.10 bits per heavy atom. The van der Waals surface area contributed by atoms with E-state index in [0.29, 0.717) is 23.8 Å². The minimum absolute atomic E-state index is 0.0214. The number of ether oxygens (including phenoxy) is 1. The molecule has 1 rings (SSSR count). The number of aliphatic hydroxyl groups is 1. The number of likely N-dealkylation sites (N-methyl/N-ethyl adjacent to an activating group) is 1. The van der Waals surface area contributed by atoms with E-state index in [4.69, 9.17) is 4.74 Å². The maximum Gasteiger partial charge on any atom is 0.254 e. The highest BCUT2D eigenvalue weighted by molar-refractivity contribution is 5.94. The quantitative estimate of drug-likeness (QED) is 0.801. The molecular weight excluding hydrogens is 266 g/mol. The van der Waals surface area contributed by atoms with Gasteiger partial charge in [0.15, 0.2) is 0 Å². The Morgan fingerprint density at radius 3 is 2.67 bits per heavy atom. The fraction of sp³-hybridized carbons (Fsp3) is 0.588. The predicted molar refractivity (Wildman–Crippen MR) is 84.7 cm³/mol. The largest absolute Gasteiger partial charge is 0.494 e. The Kier molecular flexibility index (Phi) is 7.23. The van der Waals surface area contributed by atoms with Crippen LogP contribution in [0.4, 0.5) is 0 Å². The zero-order chi connectivity index (χ0) is 15.8.